The Bertz CT molecular complexity index is 731. The first-order valence-corrected chi connectivity index (χ1v) is 8.59. The van der Waals surface area contributed by atoms with Crippen molar-refractivity contribution in [1.82, 2.24) is 0 Å². The van der Waals surface area contributed by atoms with Crippen molar-refractivity contribution in [2.45, 2.75) is 30.9 Å². The molecule has 0 radical (unpaired) electrons. The molecule has 0 unspecified atom stereocenters. The largest absolute Gasteiger partial charge is 0.493 e. The number of hydrogen-bond acceptors (Lipinski definition) is 4. The van der Waals surface area contributed by atoms with Crippen molar-refractivity contribution in [1.29, 1.82) is 0 Å². The summed E-state index contributed by atoms with van der Waals surface area (Å²) in [6.07, 6.45) is 0. The number of amides is 1. The van der Waals surface area contributed by atoms with Crippen LogP contribution in [0.2, 0.25) is 0 Å². The minimum Gasteiger partial charge on any atom is -0.493 e. The van der Waals surface area contributed by atoms with Crippen LogP contribution in [0, 0.1) is 13.8 Å². The van der Waals surface area contributed by atoms with Crippen LogP contribution in [-0.2, 0) is 4.79 Å². The topological polar surface area (TPSA) is 47.6 Å². The summed E-state index contributed by atoms with van der Waals surface area (Å²) in [4.78, 5) is 13.5. The first-order chi connectivity index (χ1) is 11.4. The van der Waals surface area contributed by atoms with Crippen LogP contribution in [0.15, 0.2) is 41.3 Å². The lowest BCUT2D eigenvalue weighted by molar-refractivity contribution is -0.115. The Kier molecular flexibility index (Phi) is 6.15. The van der Waals surface area contributed by atoms with Gasteiger partial charge in [-0.2, -0.15) is 0 Å². The summed E-state index contributed by atoms with van der Waals surface area (Å²) in [5.74, 6) is 1.17. The number of thioether (sulfide) groups is 1. The molecule has 4 nitrogen and oxygen atoms in total. The molecule has 0 spiro atoms. The van der Waals surface area contributed by atoms with Gasteiger partial charge in [-0.1, -0.05) is 6.07 Å². The lowest BCUT2D eigenvalue weighted by Gasteiger charge is -2.14. The molecule has 0 fully saturated rings. The molecule has 1 N–H and O–H groups in total. The van der Waals surface area contributed by atoms with Crippen molar-refractivity contribution in [3.63, 3.8) is 0 Å². The number of rotatable bonds is 6. The number of benzene rings is 2. The van der Waals surface area contributed by atoms with E-state index in [0.717, 1.165) is 4.90 Å². The zero-order valence-corrected chi connectivity index (χ0v) is 15.5. The first-order valence-electron chi connectivity index (χ1n) is 7.71. The molecule has 2 rings (SSSR count). The van der Waals surface area contributed by atoms with E-state index in [1.807, 2.05) is 13.0 Å². The molecular weight excluding hydrogens is 322 g/mol. The van der Waals surface area contributed by atoms with Crippen LogP contribution < -0.4 is 14.8 Å². The third-order valence-electron chi connectivity index (χ3n) is 3.81. The van der Waals surface area contributed by atoms with Gasteiger partial charge in [0.2, 0.25) is 5.91 Å². The molecule has 5 heteroatoms. The van der Waals surface area contributed by atoms with Gasteiger partial charge in [0.15, 0.2) is 11.5 Å². The van der Waals surface area contributed by atoms with E-state index >= 15 is 0 Å². The van der Waals surface area contributed by atoms with Gasteiger partial charge < -0.3 is 14.8 Å². The lowest BCUT2D eigenvalue weighted by atomic mass is 10.1. The highest BCUT2D eigenvalue weighted by Crippen LogP contribution is 2.31. The molecule has 2 aromatic rings. The maximum absolute atomic E-state index is 12.4. The van der Waals surface area contributed by atoms with Gasteiger partial charge >= 0.3 is 0 Å². The van der Waals surface area contributed by atoms with Gasteiger partial charge in [0.1, 0.15) is 0 Å². The number of carbonyl (C=O) groups is 1. The van der Waals surface area contributed by atoms with Crippen molar-refractivity contribution in [3.05, 3.63) is 47.5 Å². The fraction of sp³-hybridized carbons (Fsp3) is 0.316. The van der Waals surface area contributed by atoms with Crippen molar-refractivity contribution in [2.24, 2.45) is 0 Å². The summed E-state index contributed by atoms with van der Waals surface area (Å²) in [6, 6.07) is 11.6. The van der Waals surface area contributed by atoms with Crippen LogP contribution in [0.25, 0.3) is 0 Å². The number of hydrogen-bond donors (Lipinski definition) is 1. The average molecular weight is 345 g/mol. The van der Waals surface area contributed by atoms with E-state index in [-0.39, 0.29) is 11.2 Å². The molecule has 0 saturated carbocycles. The minimum atomic E-state index is -0.208. The number of nitrogens with one attached hydrogen (secondary N) is 1. The van der Waals surface area contributed by atoms with Gasteiger partial charge in [0, 0.05) is 16.6 Å². The molecule has 0 aliphatic rings. The Balaban J connectivity index is 2.04. The van der Waals surface area contributed by atoms with E-state index in [1.54, 1.807) is 44.2 Å². The Morgan fingerprint density at radius 1 is 1.00 bits per heavy atom. The Labute approximate surface area is 147 Å². The van der Waals surface area contributed by atoms with Crippen LogP contribution in [0.4, 0.5) is 5.69 Å². The summed E-state index contributed by atoms with van der Waals surface area (Å²) in [6.45, 7) is 6.06. The predicted octanol–water partition coefficient (Wildman–Crippen LogP) is 4.44. The van der Waals surface area contributed by atoms with Crippen molar-refractivity contribution in [3.8, 4) is 11.5 Å². The minimum absolute atomic E-state index is 0.0505. The Morgan fingerprint density at radius 3 is 2.33 bits per heavy atom. The Hall–Kier alpha value is -2.14. The van der Waals surface area contributed by atoms with Gasteiger partial charge in [-0.3, -0.25) is 4.79 Å². The molecule has 0 bridgehead atoms. The SMILES string of the molecule is COc1ccc(NC(=O)[C@@H](C)Sc2ccc(C)c(C)c2)cc1OC. The van der Waals surface area contributed by atoms with Gasteiger partial charge in [-0.25, -0.2) is 0 Å². The highest BCUT2D eigenvalue weighted by atomic mass is 32.2. The molecule has 2 aromatic carbocycles. The third kappa shape index (κ3) is 4.45. The van der Waals surface area contributed by atoms with Gasteiger partial charge in [-0.15, -0.1) is 11.8 Å². The van der Waals surface area contributed by atoms with Crippen LogP contribution in [0.3, 0.4) is 0 Å². The van der Waals surface area contributed by atoms with Crippen molar-refractivity contribution < 1.29 is 14.3 Å². The summed E-state index contributed by atoms with van der Waals surface area (Å²) < 4.78 is 10.5. The van der Waals surface area contributed by atoms with Crippen LogP contribution in [-0.4, -0.2) is 25.4 Å². The van der Waals surface area contributed by atoms with Crippen molar-refractivity contribution >= 4 is 23.4 Å². The molecule has 0 heterocycles. The number of ether oxygens (including phenoxy) is 2. The average Bonchev–Trinajstić information content (AvgIpc) is 2.57. The molecule has 1 amide bonds. The van der Waals surface area contributed by atoms with E-state index in [0.29, 0.717) is 17.2 Å². The molecule has 0 aromatic heterocycles. The zero-order valence-electron chi connectivity index (χ0n) is 14.7. The summed E-state index contributed by atoms with van der Waals surface area (Å²) >= 11 is 1.54. The predicted molar refractivity (Wildman–Crippen MR) is 99.4 cm³/mol. The highest BCUT2D eigenvalue weighted by Gasteiger charge is 2.16. The Morgan fingerprint density at radius 2 is 1.71 bits per heavy atom. The molecule has 1 atom stereocenters. The highest BCUT2D eigenvalue weighted by molar-refractivity contribution is 8.00. The zero-order chi connectivity index (χ0) is 17.7. The number of carbonyl (C=O) groups excluding carboxylic acids is 1. The fourth-order valence-electron chi connectivity index (χ4n) is 2.20. The monoisotopic (exact) mass is 345 g/mol. The first kappa shape index (κ1) is 18.2. The maximum Gasteiger partial charge on any atom is 0.237 e. The molecule has 0 aliphatic heterocycles. The standard InChI is InChI=1S/C19H23NO3S/c1-12-6-8-16(10-13(12)2)24-14(3)19(21)20-15-7-9-17(22-4)18(11-15)23-5/h6-11,14H,1-5H3,(H,20,21)/t14-/m1/s1. The maximum atomic E-state index is 12.4. The number of anilines is 1. The van der Waals surface area contributed by atoms with Gasteiger partial charge in [0.25, 0.3) is 0 Å². The normalized spacial score (nSPS) is 11.7. The van der Waals surface area contributed by atoms with E-state index in [1.165, 1.54) is 11.1 Å². The van der Waals surface area contributed by atoms with Crippen LogP contribution >= 0.6 is 11.8 Å². The molecular formula is C19H23NO3S. The van der Waals surface area contributed by atoms with Crippen LogP contribution in [0.5, 0.6) is 11.5 Å². The number of methoxy groups -OCH3 is 2. The fourth-order valence-corrected chi connectivity index (χ4v) is 3.17. The lowest BCUT2D eigenvalue weighted by Crippen LogP contribution is -2.22. The van der Waals surface area contributed by atoms with E-state index in [9.17, 15) is 4.79 Å². The summed E-state index contributed by atoms with van der Waals surface area (Å²) in [5, 5.41) is 2.71. The molecule has 0 saturated heterocycles. The van der Waals surface area contributed by atoms with Gasteiger partial charge in [0.05, 0.1) is 19.5 Å². The quantitative estimate of drug-likeness (QED) is 0.786. The second-order valence-electron chi connectivity index (χ2n) is 5.57. The molecule has 24 heavy (non-hydrogen) atoms. The number of aryl methyl sites for hydroxylation is 2. The van der Waals surface area contributed by atoms with Gasteiger partial charge in [-0.05, 0) is 56.2 Å². The second-order valence-corrected chi connectivity index (χ2v) is 6.98. The molecule has 0 aliphatic carbocycles. The van der Waals surface area contributed by atoms with Crippen LogP contribution in [0.1, 0.15) is 18.1 Å². The second kappa shape index (κ2) is 8.11. The van der Waals surface area contributed by atoms with E-state index < -0.39 is 0 Å². The smallest absolute Gasteiger partial charge is 0.237 e. The summed E-state index contributed by atoms with van der Waals surface area (Å²) in [7, 11) is 3.15. The molecule has 128 valence electrons. The van der Waals surface area contributed by atoms with E-state index in [4.69, 9.17) is 9.47 Å². The summed E-state index contributed by atoms with van der Waals surface area (Å²) in [5.41, 5.74) is 3.17. The van der Waals surface area contributed by atoms with E-state index in [2.05, 4.69) is 31.3 Å². The third-order valence-corrected chi connectivity index (χ3v) is 4.91. The van der Waals surface area contributed by atoms with Crippen molar-refractivity contribution in [2.75, 3.05) is 19.5 Å².